The van der Waals surface area contributed by atoms with Gasteiger partial charge in [0, 0.05) is 22.9 Å². The number of carbonyl (C=O) groups excluding carboxylic acids is 2. The Kier molecular flexibility index (Phi) is 9.28. The molecule has 178 valence electrons. The minimum Gasteiger partial charge on any atom is -0.493 e. The van der Waals surface area contributed by atoms with Gasteiger partial charge in [-0.3, -0.25) is 9.59 Å². The van der Waals surface area contributed by atoms with E-state index in [0.717, 1.165) is 21.3 Å². The fraction of sp³-hybridized carbons (Fsp3) is 0.286. The number of halogens is 1. The maximum Gasteiger partial charge on any atom is 0.305 e. The van der Waals surface area contributed by atoms with Crippen molar-refractivity contribution in [3.63, 3.8) is 0 Å². The van der Waals surface area contributed by atoms with Crippen molar-refractivity contribution in [2.24, 2.45) is 0 Å². The number of hydrogen-bond donors (Lipinski definition) is 0. The fourth-order valence-electron chi connectivity index (χ4n) is 3.52. The lowest BCUT2D eigenvalue weighted by Gasteiger charge is -2.18. The third-order valence-electron chi connectivity index (χ3n) is 5.48. The van der Waals surface area contributed by atoms with Gasteiger partial charge in [-0.2, -0.15) is 0 Å². The molecule has 0 aromatic heterocycles. The van der Waals surface area contributed by atoms with Gasteiger partial charge in [0.2, 0.25) is 0 Å². The summed E-state index contributed by atoms with van der Waals surface area (Å²) in [4.78, 5) is 24.4. The average Bonchev–Trinajstić information content (AvgIpc) is 2.84. The van der Waals surface area contributed by atoms with Gasteiger partial charge in [-0.25, -0.2) is 0 Å². The van der Waals surface area contributed by atoms with E-state index in [-0.39, 0.29) is 17.9 Å². The van der Waals surface area contributed by atoms with Gasteiger partial charge in [0.1, 0.15) is 11.5 Å². The van der Waals surface area contributed by atoms with Gasteiger partial charge in [-0.1, -0.05) is 52.3 Å². The van der Waals surface area contributed by atoms with E-state index in [0.29, 0.717) is 42.7 Å². The van der Waals surface area contributed by atoms with Crippen molar-refractivity contribution in [1.82, 2.24) is 0 Å². The van der Waals surface area contributed by atoms with Crippen molar-refractivity contribution < 1.29 is 23.8 Å². The number of rotatable bonds is 11. The molecule has 6 heteroatoms. The van der Waals surface area contributed by atoms with Crippen LogP contribution in [-0.2, 0) is 16.0 Å². The van der Waals surface area contributed by atoms with E-state index in [9.17, 15) is 9.59 Å². The Morgan fingerprint density at radius 2 is 1.76 bits per heavy atom. The van der Waals surface area contributed by atoms with Gasteiger partial charge in [-0.05, 0) is 61.7 Å². The summed E-state index contributed by atoms with van der Waals surface area (Å²) in [5.74, 6) is 1.03. The number of ether oxygens (including phenoxy) is 3. The maximum absolute atomic E-state index is 13.0. The molecule has 0 saturated carbocycles. The van der Waals surface area contributed by atoms with Crippen LogP contribution in [0.2, 0.25) is 0 Å². The van der Waals surface area contributed by atoms with Crippen molar-refractivity contribution in [3.8, 4) is 11.5 Å². The Hall–Kier alpha value is -3.12. The molecule has 3 rings (SSSR count). The molecule has 0 aliphatic heterocycles. The molecule has 5 nitrogen and oxygen atoms in total. The van der Waals surface area contributed by atoms with E-state index in [1.807, 2.05) is 62.4 Å². The minimum atomic E-state index is -0.215. The largest absolute Gasteiger partial charge is 0.493 e. The first-order valence-electron chi connectivity index (χ1n) is 11.2. The monoisotopic (exact) mass is 524 g/mol. The summed E-state index contributed by atoms with van der Waals surface area (Å²) in [7, 11) is 1.40. The summed E-state index contributed by atoms with van der Waals surface area (Å²) in [6, 6.07) is 20.5. The smallest absolute Gasteiger partial charge is 0.305 e. The number of esters is 1. The number of hydrogen-bond acceptors (Lipinski definition) is 5. The van der Waals surface area contributed by atoms with Crippen LogP contribution in [0.25, 0.3) is 0 Å². The van der Waals surface area contributed by atoms with Crippen LogP contribution in [0.3, 0.4) is 0 Å². The quantitative estimate of drug-likeness (QED) is 0.216. The molecular weight excluding hydrogens is 496 g/mol. The lowest BCUT2D eigenvalue weighted by Crippen LogP contribution is -2.17. The Bertz CT molecular complexity index is 1130. The SMILES string of the molecule is COC(=O)CCc1ccc(OCCC(C)Oc2ccc(Br)cc2C(=O)c2ccccc2)cc1C. The van der Waals surface area contributed by atoms with Crippen molar-refractivity contribution in [1.29, 1.82) is 0 Å². The highest BCUT2D eigenvalue weighted by molar-refractivity contribution is 9.10. The molecule has 34 heavy (non-hydrogen) atoms. The summed E-state index contributed by atoms with van der Waals surface area (Å²) in [5.41, 5.74) is 3.31. The number of carbonyl (C=O) groups is 2. The molecule has 0 spiro atoms. The Labute approximate surface area is 209 Å². The van der Waals surface area contributed by atoms with E-state index in [2.05, 4.69) is 15.9 Å². The van der Waals surface area contributed by atoms with E-state index in [1.165, 1.54) is 7.11 Å². The fourth-order valence-corrected chi connectivity index (χ4v) is 3.88. The predicted molar refractivity (Wildman–Crippen MR) is 136 cm³/mol. The molecule has 0 aliphatic rings. The third-order valence-corrected chi connectivity index (χ3v) is 5.98. The van der Waals surface area contributed by atoms with Crippen molar-refractivity contribution in [3.05, 3.63) is 93.5 Å². The molecule has 0 saturated heterocycles. The van der Waals surface area contributed by atoms with Crippen molar-refractivity contribution >= 4 is 27.7 Å². The highest BCUT2D eigenvalue weighted by Crippen LogP contribution is 2.27. The van der Waals surface area contributed by atoms with Gasteiger partial charge < -0.3 is 14.2 Å². The third kappa shape index (κ3) is 7.19. The van der Waals surface area contributed by atoms with E-state index < -0.39 is 0 Å². The molecule has 0 N–H and O–H groups in total. The molecule has 0 bridgehead atoms. The van der Waals surface area contributed by atoms with Gasteiger partial charge in [0.25, 0.3) is 0 Å². The number of methoxy groups -OCH3 is 1. The van der Waals surface area contributed by atoms with E-state index >= 15 is 0 Å². The van der Waals surface area contributed by atoms with Crippen LogP contribution in [0.1, 0.15) is 46.8 Å². The van der Waals surface area contributed by atoms with Gasteiger partial charge in [-0.15, -0.1) is 0 Å². The first kappa shape index (κ1) is 25.5. The minimum absolute atomic E-state index is 0.0804. The molecular formula is C28H29BrO5. The standard InChI is InChI=1S/C28H29BrO5/c1-19-17-24(12-9-21(19)10-14-27(30)32-3)33-16-15-20(2)34-26-13-11-23(29)18-25(26)28(31)22-7-5-4-6-8-22/h4-9,11-13,17-18,20H,10,14-16H2,1-3H3. The van der Waals surface area contributed by atoms with Crippen LogP contribution in [0.5, 0.6) is 11.5 Å². The number of ketones is 1. The zero-order valence-electron chi connectivity index (χ0n) is 19.7. The maximum atomic E-state index is 13.0. The Morgan fingerprint density at radius 3 is 2.47 bits per heavy atom. The van der Waals surface area contributed by atoms with Crippen molar-refractivity contribution in [2.75, 3.05) is 13.7 Å². The van der Waals surface area contributed by atoms with Crippen LogP contribution < -0.4 is 9.47 Å². The molecule has 0 fully saturated rings. The molecule has 0 aliphatic carbocycles. The summed E-state index contributed by atoms with van der Waals surface area (Å²) in [6.07, 6.45) is 1.50. The Balaban J connectivity index is 1.57. The van der Waals surface area contributed by atoms with Crippen LogP contribution in [0.15, 0.2) is 71.2 Å². The lowest BCUT2D eigenvalue weighted by atomic mass is 10.0. The first-order valence-corrected chi connectivity index (χ1v) is 12.0. The molecule has 1 atom stereocenters. The highest BCUT2D eigenvalue weighted by Gasteiger charge is 2.17. The van der Waals surface area contributed by atoms with E-state index in [4.69, 9.17) is 14.2 Å². The van der Waals surface area contributed by atoms with Crippen LogP contribution in [-0.4, -0.2) is 31.6 Å². The lowest BCUT2D eigenvalue weighted by molar-refractivity contribution is -0.140. The summed E-state index contributed by atoms with van der Waals surface area (Å²) < 4.78 is 17.6. The molecule has 1 unspecified atom stereocenters. The van der Waals surface area contributed by atoms with Crippen molar-refractivity contribution in [2.45, 2.75) is 39.2 Å². The van der Waals surface area contributed by atoms with Crippen LogP contribution in [0.4, 0.5) is 0 Å². The topological polar surface area (TPSA) is 61.8 Å². The Morgan fingerprint density at radius 1 is 1.00 bits per heavy atom. The zero-order valence-corrected chi connectivity index (χ0v) is 21.3. The summed E-state index contributed by atoms with van der Waals surface area (Å²) in [5, 5.41) is 0. The second-order valence-electron chi connectivity index (χ2n) is 8.07. The molecule has 3 aromatic carbocycles. The second kappa shape index (κ2) is 12.4. The molecule has 0 radical (unpaired) electrons. The van der Waals surface area contributed by atoms with Gasteiger partial charge in [0.15, 0.2) is 5.78 Å². The second-order valence-corrected chi connectivity index (χ2v) is 8.98. The molecule has 0 amide bonds. The van der Waals surface area contributed by atoms with Gasteiger partial charge in [0.05, 0.1) is 25.4 Å². The number of aryl methyl sites for hydroxylation is 2. The number of benzene rings is 3. The predicted octanol–water partition coefficient (Wildman–Crippen LogP) is 6.33. The van der Waals surface area contributed by atoms with Crippen LogP contribution in [0, 0.1) is 6.92 Å². The zero-order chi connectivity index (χ0) is 24.5. The summed E-state index contributed by atoms with van der Waals surface area (Å²) in [6.45, 7) is 4.44. The molecule has 0 heterocycles. The van der Waals surface area contributed by atoms with Crippen LogP contribution >= 0.6 is 15.9 Å². The average molecular weight is 525 g/mol. The van der Waals surface area contributed by atoms with E-state index in [1.54, 1.807) is 18.2 Å². The highest BCUT2D eigenvalue weighted by atomic mass is 79.9. The normalized spacial score (nSPS) is 11.5. The molecule has 3 aromatic rings. The van der Waals surface area contributed by atoms with Gasteiger partial charge >= 0.3 is 5.97 Å². The first-order chi connectivity index (χ1) is 16.4. The summed E-state index contributed by atoms with van der Waals surface area (Å²) >= 11 is 3.45.